The molecule has 0 aliphatic heterocycles. The van der Waals surface area contributed by atoms with E-state index in [1.807, 2.05) is 51.1 Å². The first-order valence-electron chi connectivity index (χ1n) is 10.2. The van der Waals surface area contributed by atoms with Crippen LogP contribution in [0.2, 0.25) is 0 Å². The van der Waals surface area contributed by atoms with E-state index in [2.05, 4.69) is 15.5 Å². The molecule has 0 radical (unpaired) electrons. The summed E-state index contributed by atoms with van der Waals surface area (Å²) in [6.07, 6.45) is 0.355. The first-order chi connectivity index (χ1) is 14.8. The van der Waals surface area contributed by atoms with Crippen molar-refractivity contribution in [3.8, 4) is 17.5 Å². The molecule has 0 aliphatic rings. The number of nitrogens with one attached hydrogen (secondary N) is 1. The van der Waals surface area contributed by atoms with E-state index < -0.39 is 29.8 Å². The number of ketones is 2. The summed E-state index contributed by atoms with van der Waals surface area (Å²) >= 11 is 0. The Bertz CT molecular complexity index is 933. The lowest BCUT2D eigenvalue weighted by atomic mass is 10.0. The number of ether oxygens (including phenoxy) is 1. The van der Waals surface area contributed by atoms with Crippen molar-refractivity contribution in [1.82, 2.24) is 15.5 Å². The Labute approximate surface area is 180 Å². The summed E-state index contributed by atoms with van der Waals surface area (Å²) in [6.45, 7) is 5.64. The number of alkyl carbamates (subject to hydrolysis) is 1. The molecule has 2 rings (SSSR count). The molecule has 1 aromatic carbocycles. The molecule has 0 bridgehead atoms. The number of Topliss-reactive ketones (excluding diaryl/α,β-unsaturated/α-hetero) is 2. The Kier molecular flexibility index (Phi) is 8.88. The SMILES string of the molecule is CCCC[C@H](NC(=O)O[C@H](Cc1nnc(-c2ccccc2)o1)C(C)C)C(=O)C(=O)C#N. The van der Waals surface area contributed by atoms with Crippen LogP contribution < -0.4 is 5.32 Å². The van der Waals surface area contributed by atoms with E-state index in [-0.39, 0.29) is 18.8 Å². The van der Waals surface area contributed by atoms with Crippen molar-refractivity contribution < 1.29 is 23.5 Å². The minimum atomic E-state index is -1.19. The third-order valence-electron chi connectivity index (χ3n) is 4.65. The number of nitrogens with zero attached hydrogens (tertiary/aromatic N) is 3. The fourth-order valence-corrected chi connectivity index (χ4v) is 2.82. The number of amides is 1. The molecule has 164 valence electrons. The second-order valence-electron chi connectivity index (χ2n) is 7.40. The summed E-state index contributed by atoms with van der Waals surface area (Å²) < 4.78 is 11.2. The lowest BCUT2D eigenvalue weighted by Crippen LogP contribution is -2.45. The molecule has 9 heteroatoms. The van der Waals surface area contributed by atoms with Crippen LogP contribution in [0, 0.1) is 17.2 Å². The number of aromatic nitrogens is 2. The Morgan fingerprint density at radius 2 is 1.90 bits per heavy atom. The second kappa shape index (κ2) is 11.6. The zero-order chi connectivity index (χ0) is 22.8. The summed E-state index contributed by atoms with van der Waals surface area (Å²) in [5.41, 5.74) is 0.778. The van der Waals surface area contributed by atoms with Crippen molar-refractivity contribution in [2.45, 2.75) is 58.6 Å². The number of hydrogen-bond donors (Lipinski definition) is 1. The van der Waals surface area contributed by atoms with Gasteiger partial charge in [0.2, 0.25) is 17.6 Å². The van der Waals surface area contributed by atoms with Gasteiger partial charge in [-0.3, -0.25) is 9.59 Å². The largest absolute Gasteiger partial charge is 0.445 e. The van der Waals surface area contributed by atoms with Crippen LogP contribution in [0.5, 0.6) is 0 Å². The van der Waals surface area contributed by atoms with Crippen molar-refractivity contribution in [1.29, 1.82) is 5.26 Å². The van der Waals surface area contributed by atoms with Gasteiger partial charge in [0.1, 0.15) is 12.2 Å². The summed E-state index contributed by atoms with van der Waals surface area (Å²) in [6, 6.07) is 9.48. The fourth-order valence-electron chi connectivity index (χ4n) is 2.82. The van der Waals surface area contributed by atoms with Gasteiger partial charge in [-0.1, -0.05) is 51.8 Å². The maximum atomic E-state index is 12.4. The van der Waals surface area contributed by atoms with Gasteiger partial charge in [0.05, 0.1) is 12.5 Å². The second-order valence-corrected chi connectivity index (χ2v) is 7.40. The van der Waals surface area contributed by atoms with Crippen LogP contribution in [0.4, 0.5) is 4.79 Å². The molecule has 0 fully saturated rings. The molecule has 0 unspecified atom stereocenters. The van der Waals surface area contributed by atoms with Crippen molar-refractivity contribution in [2.75, 3.05) is 0 Å². The maximum Gasteiger partial charge on any atom is 0.408 e. The highest BCUT2D eigenvalue weighted by atomic mass is 16.6. The number of rotatable bonds is 11. The molecule has 1 aromatic heterocycles. The Hall–Kier alpha value is -3.54. The molecule has 2 atom stereocenters. The molecular weight excluding hydrogens is 400 g/mol. The average molecular weight is 426 g/mol. The van der Waals surface area contributed by atoms with Crippen molar-refractivity contribution in [2.24, 2.45) is 5.92 Å². The lowest BCUT2D eigenvalue weighted by molar-refractivity contribution is -0.134. The van der Waals surface area contributed by atoms with Crippen LogP contribution >= 0.6 is 0 Å². The van der Waals surface area contributed by atoms with Crippen LogP contribution in [-0.2, 0) is 20.7 Å². The number of nitriles is 1. The Morgan fingerprint density at radius 1 is 1.19 bits per heavy atom. The summed E-state index contributed by atoms with van der Waals surface area (Å²) in [5.74, 6) is -1.55. The van der Waals surface area contributed by atoms with Gasteiger partial charge in [0.15, 0.2) is 0 Å². The monoisotopic (exact) mass is 426 g/mol. The molecule has 0 aliphatic carbocycles. The van der Waals surface area contributed by atoms with E-state index in [1.54, 1.807) is 0 Å². The highest BCUT2D eigenvalue weighted by Gasteiger charge is 2.29. The van der Waals surface area contributed by atoms with Gasteiger partial charge < -0.3 is 14.5 Å². The van der Waals surface area contributed by atoms with E-state index in [0.717, 1.165) is 12.0 Å². The highest BCUT2D eigenvalue weighted by molar-refractivity contribution is 6.45. The first kappa shape index (κ1) is 23.7. The molecule has 1 amide bonds. The maximum absolute atomic E-state index is 12.4. The van der Waals surface area contributed by atoms with Crippen LogP contribution in [0.15, 0.2) is 34.7 Å². The van der Waals surface area contributed by atoms with Gasteiger partial charge in [0, 0.05) is 5.56 Å². The zero-order valence-electron chi connectivity index (χ0n) is 17.8. The summed E-state index contributed by atoms with van der Waals surface area (Å²) in [7, 11) is 0. The number of hydrogen-bond acceptors (Lipinski definition) is 8. The molecule has 1 heterocycles. The van der Waals surface area contributed by atoms with Gasteiger partial charge in [-0.15, -0.1) is 10.2 Å². The third-order valence-corrected chi connectivity index (χ3v) is 4.65. The van der Waals surface area contributed by atoms with Gasteiger partial charge in [0.25, 0.3) is 5.78 Å². The third kappa shape index (κ3) is 7.03. The molecule has 1 N–H and O–H groups in total. The predicted molar refractivity (Wildman–Crippen MR) is 111 cm³/mol. The van der Waals surface area contributed by atoms with Gasteiger partial charge >= 0.3 is 6.09 Å². The van der Waals surface area contributed by atoms with E-state index in [0.29, 0.717) is 18.2 Å². The quantitative estimate of drug-likeness (QED) is 0.427. The molecular formula is C22H26N4O5. The van der Waals surface area contributed by atoms with Crippen LogP contribution in [0.1, 0.15) is 45.9 Å². The average Bonchev–Trinajstić information content (AvgIpc) is 3.24. The minimum Gasteiger partial charge on any atom is -0.445 e. The standard InChI is InChI=1S/C22H26N4O5/c1-4-5-11-16(20(28)17(27)13-23)24-22(29)30-18(14(2)3)12-19-25-26-21(31-19)15-9-7-6-8-10-15/h6-10,14,16,18H,4-5,11-12H2,1-3H3,(H,24,29)/t16-,18+/m0/s1. The Balaban J connectivity index is 2.04. The number of benzene rings is 1. The van der Waals surface area contributed by atoms with E-state index in [1.165, 1.54) is 6.07 Å². The number of unbranched alkanes of at least 4 members (excludes halogenated alkanes) is 1. The highest BCUT2D eigenvalue weighted by Crippen LogP contribution is 2.20. The normalized spacial score (nSPS) is 12.6. The lowest BCUT2D eigenvalue weighted by Gasteiger charge is -2.22. The van der Waals surface area contributed by atoms with E-state index in [4.69, 9.17) is 14.4 Å². The summed E-state index contributed by atoms with van der Waals surface area (Å²) in [5, 5.41) is 19.2. The predicted octanol–water partition coefficient (Wildman–Crippen LogP) is 3.25. The molecule has 0 saturated carbocycles. The Morgan fingerprint density at radius 3 is 2.52 bits per heavy atom. The van der Waals surface area contributed by atoms with Crippen molar-refractivity contribution >= 4 is 17.7 Å². The molecule has 31 heavy (non-hydrogen) atoms. The van der Waals surface area contributed by atoms with E-state index >= 15 is 0 Å². The van der Waals surface area contributed by atoms with Crippen LogP contribution in [0.3, 0.4) is 0 Å². The number of carbonyl (C=O) groups excluding carboxylic acids is 3. The molecule has 0 spiro atoms. The fraction of sp³-hybridized carbons (Fsp3) is 0.455. The van der Waals surface area contributed by atoms with Crippen molar-refractivity contribution in [3.05, 3.63) is 36.2 Å². The molecule has 9 nitrogen and oxygen atoms in total. The summed E-state index contributed by atoms with van der Waals surface area (Å²) in [4.78, 5) is 36.0. The minimum absolute atomic E-state index is 0.0802. The van der Waals surface area contributed by atoms with Crippen molar-refractivity contribution in [3.63, 3.8) is 0 Å². The number of carbonyl (C=O) groups is 3. The molecule has 2 aromatic rings. The van der Waals surface area contributed by atoms with Crippen LogP contribution in [-0.4, -0.2) is 40.0 Å². The topological polar surface area (TPSA) is 135 Å². The van der Waals surface area contributed by atoms with Gasteiger partial charge in [-0.25, -0.2) is 4.79 Å². The molecule has 0 saturated heterocycles. The van der Waals surface area contributed by atoms with Crippen LogP contribution in [0.25, 0.3) is 11.5 Å². The zero-order valence-corrected chi connectivity index (χ0v) is 17.8. The first-order valence-corrected chi connectivity index (χ1v) is 10.2. The van der Waals surface area contributed by atoms with Gasteiger partial charge in [-0.2, -0.15) is 5.26 Å². The van der Waals surface area contributed by atoms with E-state index in [9.17, 15) is 14.4 Å². The van der Waals surface area contributed by atoms with Gasteiger partial charge in [-0.05, 0) is 24.5 Å². The smallest absolute Gasteiger partial charge is 0.408 e.